The summed E-state index contributed by atoms with van der Waals surface area (Å²) >= 11 is 0. The summed E-state index contributed by atoms with van der Waals surface area (Å²) in [5.41, 5.74) is 8.93. The number of aliphatic carboxylic acids is 1. The fraction of sp³-hybridized carbons (Fsp3) is 0.103. The van der Waals surface area contributed by atoms with E-state index >= 15 is 0 Å². The van der Waals surface area contributed by atoms with E-state index < -0.39 is 5.97 Å². The standard InChI is InChI=1S/C29H26N2O2/c1-3-27(23-7-5-4-6-8-23)29(24-12-9-21(10-13-24)11-18-28(32)33)25-16-14-22(15-17-25)26-19-30-31(2)20-26/h4-20H,3H2,1-2H3,(H,32,33)/b18-11+,29-27+. The summed E-state index contributed by atoms with van der Waals surface area (Å²) in [6.45, 7) is 2.18. The van der Waals surface area contributed by atoms with Crippen molar-refractivity contribution in [1.82, 2.24) is 9.78 Å². The van der Waals surface area contributed by atoms with Gasteiger partial charge in [-0.1, -0.05) is 85.8 Å². The van der Waals surface area contributed by atoms with E-state index in [1.54, 1.807) is 10.8 Å². The van der Waals surface area contributed by atoms with Gasteiger partial charge in [0.15, 0.2) is 0 Å². The van der Waals surface area contributed by atoms with Gasteiger partial charge in [-0.2, -0.15) is 5.10 Å². The summed E-state index contributed by atoms with van der Waals surface area (Å²) in [6, 6.07) is 27.1. The number of rotatable bonds is 7. The largest absolute Gasteiger partial charge is 0.478 e. The average Bonchev–Trinajstić information content (AvgIpc) is 3.28. The first-order chi connectivity index (χ1) is 16.0. The van der Waals surface area contributed by atoms with Crippen LogP contribution in [0.4, 0.5) is 0 Å². The number of carbonyl (C=O) groups is 1. The summed E-state index contributed by atoms with van der Waals surface area (Å²) in [4.78, 5) is 10.8. The van der Waals surface area contributed by atoms with Crippen LogP contribution in [-0.2, 0) is 11.8 Å². The Hall–Kier alpha value is -4.18. The monoisotopic (exact) mass is 434 g/mol. The lowest BCUT2D eigenvalue weighted by Crippen LogP contribution is -1.95. The third-order valence-corrected chi connectivity index (χ3v) is 5.61. The van der Waals surface area contributed by atoms with Gasteiger partial charge in [-0.25, -0.2) is 4.79 Å². The van der Waals surface area contributed by atoms with Crippen LogP contribution >= 0.6 is 0 Å². The van der Waals surface area contributed by atoms with E-state index in [-0.39, 0.29) is 0 Å². The minimum Gasteiger partial charge on any atom is -0.478 e. The fourth-order valence-corrected chi connectivity index (χ4v) is 4.01. The molecule has 164 valence electrons. The van der Waals surface area contributed by atoms with Crippen molar-refractivity contribution in [2.45, 2.75) is 13.3 Å². The van der Waals surface area contributed by atoms with E-state index in [2.05, 4.69) is 72.7 Å². The molecule has 0 saturated carbocycles. The van der Waals surface area contributed by atoms with Gasteiger partial charge in [-0.3, -0.25) is 4.68 Å². The zero-order valence-corrected chi connectivity index (χ0v) is 18.8. The first kappa shape index (κ1) is 22.0. The number of hydrogen-bond acceptors (Lipinski definition) is 2. The molecule has 0 radical (unpaired) electrons. The van der Waals surface area contributed by atoms with Crippen LogP contribution in [0.15, 0.2) is 97.3 Å². The molecular formula is C29H26N2O2. The Morgan fingerprint density at radius 1 is 0.879 bits per heavy atom. The van der Waals surface area contributed by atoms with Crippen molar-refractivity contribution in [2.75, 3.05) is 0 Å². The molecule has 1 heterocycles. The highest BCUT2D eigenvalue weighted by Gasteiger charge is 2.13. The van der Waals surface area contributed by atoms with E-state index in [9.17, 15) is 4.79 Å². The Balaban J connectivity index is 1.81. The first-order valence-electron chi connectivity index (χ1n) is 10.9. The van der Waals surface area contributed by atoms with Crippen molar-refractivity contribution in [1.29, 1.82) is 0 Å². The van der Waals surface area contributed by atoms with Crippen LogP contribution in [0.5, 0.6) is 0 Å². The van der Waals surface area contributed by atoms with E-state index in [4.69, 9.17) is 5.11 Å². The molecule has 1 N–H and O–H groups in total. The molecule has 0 aliphatic carbocycles. The zero-order chi connectivity index (χ0) is 23.2. The number of carboxylic acids is 1. The minimum atomic E-state index is -0.953. The van der Waals surface area contributed by atoms with Crippen molar-refractivity contribution in [3.8, 4) is 11.1 Å². The highest BCUT2D eigenvalue weighted by molar-refractivity contribution is 5.99. The lowest BCUT2D eigenvalue weighted by molar-refractivity contribution is -0.131. The summed E-state index contributed by atoms with van der Waals surface area (Å²) in [5, 5.41) is 13.2. The topological polar surface area (TPSA) is 55.1 Å². The van der Waals surface area contributed by atoms with Crippen LogP contribution in [0.1, 0.15) is 35.6 Å². The fourth-order valence-electron chi connectivity index (χ4n) is 4.01. The number of nitrogens with zero attached hydrogens (tertiary/aromatic N) is 2. The molecule has 4 nitrogen and oxygen atoms in total. The van der Waals surface area contributed by atoms with Crippen LogP contribution in [0, 0.1) is 0 Å². The van der Waals surface area contributed by atoms with Gasteiger partial charge >= 0.3 is 5.97 Å². The molecule has 0 aliphatic rings. The molecule has 0 amide bonds. The van der Waals surface area contributed by atoms with E-state index in [1.807, 2.05) is 37.6 Å². The van der Waals surface area contributed by atoms with Crippen molar-refractivity contribution >= 4 is 23.2 Å². The van der Waals surface area contributed by atoms with Gasteiger partial charge in [0.2, 0.25) is 0 Å². The highest BCUT2D eigenvalue weighted by Crippen LogP contribution is 2.35. The van der Waals surface area contributed by atoms with Gasteiger partial charge in [0, 0.05) is 24.9 Å². The van der Waals surface area contributed by atoms with Crippen LogP contribution in [0.3, 0.4) is 0 Å². The predicted molar refractivity (Wildman–Crippen MR) is 134 cm³/mol. The smallest absolute Gasteiger partial charge is 0.328 e. The van der Waals surface area contributed by atoms with Crippen LogP contribution in [-0.4, -0.2) is 20.9 Å². The Bertz CT molecular complexity index is 1300. The molecule has 4 aromatic rings. The van der Waals surface area contributed by atoms with Crippen molar-refractivity contribution < 1.29 is 9.90 Å². The molecule has 4 rings (SSSR count). The Morgan fingerprint density at radius 3 is 2.06 bits per heavy atom. The number of benzene rings is 3. The predicted octanol–water partition coefficient (Wildman–Crippen LogP) is 6.55. The number of aromatic nitrogens is 2. The van der Waals surface area contributed by atoms with Gasteiger partial charge in [-0.15, -0.1) is 0 Å². The van der Waals surface area contributed by atoms with E-state index in [0.29, 0.717) is 0 Å². The minimum absolute atomic E-state index is 0.852. The second-order valence-electron chi connectivity index (χ2n) is 7.85. The summed E-state index contributed by atoms with van der Waals surface area (Å²) in [6.07, 6.45) is 7.53. The Kier molecular flexibility index (Phi) is 6.65. The maximum Gasteiger partial charge on any atom is 0.328 e. The molecule has 0 fully saturated rings. The van der Waals surface area contributed by atoms with Crippen molar-refractivity contribution in [3.05, 3.63) is 120 Å². The highest BCUT2D eigenvalue weighted by atomic mass is 16.4. The molecule has 0 spiro atoms. The van der Waals surface area contributed by atoms with Gasteiger partial charge in [0.1, 0.15) is 0 Å². The van der Waals surface area contributed by atoms with Crippen LogP contribution < -0.4 is 0 Å². The van der Waals surface area contributed by atoms with Gasteiger partial charge in [-0.05, 0) is 51.5 Å². The molecule has 0 saturated heterocycles. The normalized spacial score (nSPS) is 12.1. The third kappa shape index (κ3) is 5.18. The lowest BCUT2D eigenvalue weighted by atomic mass is 9.87. The van der Waals surface area contributed by atoms with Crippen molar-refractivity contribution in [2.24, 2.45) is 7.05 Å². The summed E-state index contributed by atoms with van der Waals surface area (Å²) in [5.74, 6) is -0.953. The second-order valence-corrected chi connectivity index (χ2v) is 7.85. The SMILES string of the molecule is CC/C(=C(/c1ccc(/C=C/C(=O)O)cc1)c1ccc(-c2cnn(C)c2)cc1)c1ccccc1. The van der Waals surface area contributed by atoms with Crippen LogP contribution in [0.25, 0.3) is 28.3 Å². The third-order valence-electron chi connectivity index (χ3n) is 5.61. The quantitative estimate of drug-likeness (QED) is 0.265. The number of allylic oxidation sites excluding steroid dienone is 1. The van der Waals surface area contributed by atoms with E-state index in [1.165, 1.54) is 16.7 Å². The van der Waals surface area contributed by atoms with E-state index in [0.717, 1.165) is 40.3 Å². The molecule has 33 heavy (non-hydrogen) atoms. The summed E-state index contributed by atoms with van der Waals surface area (Å²) < 4.78 is 1.81. The molecular weight excluding hydrogens is 408 g/mol. The average molecular weight is 435 g/mol. The second kappa shape index (κ2) is 9.96. The van der Waals surface area contributed by atoms with Gasteiger partial charge in [0.05, 0.1) is 6.20 Å². The number of aryl methyl sites for hydroxylation is 1. The first-order valence-corrected chi connectivity index (χ1v) is 10.9. The molecule has 1 aromatic heterocycles. The maximum atomic E-state index is 10.8. The summed E-state index contributed by atoms with van der Waals surface area (Å²) in [7, 11) is 1.92. The number of hydrogen-bond donors (Lipinski definition) is 1. The van der Waals surface area contributed by atoms with Crippen molar-refractivity contribution in [3.63, 3.8) is 0 Å². The molecule has 0 aliphatic heterocycles. The molecule has 0 bridgehead atoms. The Labute approximate surface area is 194 Å². The van der Waals surface area contributed by atoms with Crippen LogP contribution in [0.2, 0.25) is 0 Å². The Morgan fingerprint density at radius 2 is 1.52 bits per heavy atom. The molecule has 0 atom stereocenters. The zero-order valence-electron chi connectivity index (χ0n) is 18.8. The molecule has 0 unspecified atom stereocenters. The number of carboxylic acid groups (broad SMARTS) is 1. The molecule has 4 heteroatoms. The molecule has 3 aromatic carbocycles. The van der Waals surface area contributed by atoms with Gasteiger partial charge in [0.25, 0.3) is 0 Å². The lowest BCUT2D eigenvalue weighted by Gasteiger charge is -2.17. The maximum absolute atomic E-state index is 10.8. The van der Waals surface area contributed by atoms with Gasteiger partial charge < -0.3 is 5.11 Å².